The fourth-order valence-electron chi connectivity index (χ4n) is 1.78. The van der Waals surface area contributed by atoms with Crippen LogP contribution >= 0.6 is 11.6 Å². The predicted octanol–water partition coefficient (Wildman–Crippen LogP) is 1.23. The van der Waals surface area contributed by atoms with Gasteiger partial charge in [0, 0.05) is 19.4 Å². The average Bonchev–Trinajstić information content (AvgIpc) is 2.44. The third-order valence-electron chi connectivity index (χ3n) is 2.91. The molecule has 1 atom stereocenters. The minimum Gasteiger partial charge on any atom is -0.495 e. The van der Waals surface area contributed by atoms with Crippen molar-refractivity contribution in [3.05, 3.63) is 28.8 Å². The first-order chi connectivity index (χ1) is 9.97. The highest BCUT2D eigenvalue weighted by atomic mass is 35.5. The fraction of sp³-hybridized carbons (Fsp3) is 0.429. The van der Waals surface area contributed by atoms with Gasteiger partial charge >= 0.3 is 5.97 Å². The van der Waals surface area contributed by atoms with E-state index in [4.69, 9.17) is 26.6 Å². The molecule has 0 unspecified atom stereocenters. The van der Waals surface area contributed by atoms with Crippen LogP contribution in [-0.4, -0.2) is 41.8 Å². The molecule has 1 aromatic carbocycles. The van der Waals surface area contributed by atoms with Crippen LogP contribution in [0.4, 0.5) is 0 Å². The number of methoxy groups -OCH3 is 1. The number of amides is 1. The zero-order valence-electron chi connectivity index (χ0n) is 11.6. The average molecular weight is 316 g/mol. The summed E-state index contributed by atoms with van der Waals surface area (Å²) in [7, 11) is 1.52. The number of ether oxygens (including phenoxy) is 1. The van der Waals surface area contributed by atoms with Crippen molar-refractivity contribution in [1.82, 2.24) is 5.32 Å². The number of carboxylic acid groups (broad SMARTS) is 1. The van der Waals surface area contributed by atoms with Crippen LogP contribution < -0.4 is 10.1 Å². The van der Waals surface area contributed by atoms with E-state index in [9.17, 15) is 9.59 Å². The van der Waals surface area contributed by atoms with Gasteiger partial charge in [-0.3, -0.25) is 4.79 Å². The van der Waals surface area contributed by atoms with Gasteiger partial charge in [0.1, 0.15) is 11.8 Å². The Kier molecular flexibility index (Phi) is 6.98. The van der Waals surface area contributed by atoms with Crippen molar-refractivity contribution < 1.29 is 24.5 Å². The van der Waals surface area contributed by atoms with Crippen molar-refractivity contribution >= 4 is 23.5 Å². The highest BCUT2D eigenvalue weighted by molar-refractivity contribution is 6.32. The lowest BCUT2D eigenvalue weighted by Gasteiger charge is -2.13. The largest absolute Gasteiger partial charge is 0.495 e. The van der Waals surface area contributed by atoms with Gasteiger partial charge in [0.25, 0.3) is 0 Å². The standard InChI is InChI=1S/C14H18ClNO5/c1-21-12-4-2-9(8-10(12)15)3-5-13(18)16-11(6-7-17)14(19)20/h2,4,8,11,17H,3,5-7H2,1H3,(H,16,18)(H,19,20)/t11-/m1/s1. The number of aliphatic hydroxyl groups excluding tert-OH is 1. The summed E-state index contributed by atoms with van der Waals surface area (Å²) >= 11 is 5.98. The number of nitrogens with one attached hydrogen (secondary N) is 1. The van der Waals surface area contributed by atoms with Crippen LogP contribution in [0.2, 0.25) is 5.02 Å². The van der Waals surface area contributed by atoms with Crippen LogP contribution in [0.5, 0.6) is 5.75 Å². The molecule has 7 heteroatoms. The fourth-order valence-corrected chi connectivity index (χ4v) is 2.06. The number of rotatable bonds is 8. The number of hydrogen-bond donors (Lipinski definition) is 3. The van der Waals surface area contributed by atoms with Gasteiger partial charge in [-0.1, -0.05) is 17.7 Å². The number of carboxylic acids is 1. The second kappa shape index (κ2) is 8.49. The molecule has 0 heterocycles. The third kappa shape index (κ3) is 5.61. The normalized spacial score (nSPS) is 11.8. The van der Waals surface area contributed by atoms with Crippen molar-refractivity contribution in [2.45, 2.75) is 25.3 Å². The van der Waals surface area contributed by atoms with E-state index < -0.39 is 12.0 Å². The van der Waals surface area contributed by atoms with Gasteiger partial charge in [-0.25, -0.2) is 4.79 Å². The van der Waals surface area contributed by atoms with Crippen LogP contribution in [0.25, 0.3) is 0 Å². The summed E-state index contributed by atoms with van der Waals surface area (Å²) in [4.78, 5) is 22.6. The first-order valence-corrected chi connectivity index (χ1v) is 6.81. The number of aryl methyl sites for hydroxylation is 1. The summed E-state index contributed by atoms with van der Waals surface area (Å²) in [5.41, 5.74) is 0.852. The van der Waals surface area contributed by atoms with Gasteiger partial charge in [0.15, 0.2) is 0 Å². The van der Waals surface area contributed by atoms with Crippen molar-refractivity contribution in [3.8, 4) is 5.75 Å². The summed E-state index contributed by atoms with van der Waals surface area (Å²) in [5.74, 6) is -0.994. The Morgan fingerprint density at radius 1 is 1.43 bits per heavy atom. The maximum Gasteiger partial charge on any atom is 0.326 e. The molecule has 0 radical (unpaired) electrons. The van der Waals surface area contributed by atoms with E-state index in [-0.39, 0.29) is 25.4 Å². The summed E-state index contributed by atoms with van der Waals surface area (Å²) in [5, 5.41) is 20.4. The van der Waals surface area contributed by atoms with Crippen LogP contribution in [0, 0.1) is 0 Å². The molecule has 0 spiro atoms. The number of carbonyl (C=O) groups excluding carboxylic acids is 1. The zero-order chi connectivity index (χ0) is 15.8. The molecule has 0 bridgehead atoms. The molecule has 1 aromatic rings. The smallest absolute Gasteiger partial charge is 0.326 e. The number of aliphatic hydroxyl groups is 1. The van der Waals surface area contributed by atoms with Crippen LogP contribution in [0.1, 0.15) is 18.4 Å². The van der Waals surface area contributed by atoms with Crippen molar-refractivity contribution in [1.29, 1.82) is 0 Å². The molecule has 0 aliphatic heterocycles. The third-order valence-corrected chi connectivity index (χ3v) is 3.20. The van der Waals surface area contributed by atoms with Gasteiger partial charge in [-0.15, -0.1) is 0 Å². The molecule has 116 valence electrons. The minimum absolute atomic E-state index is 0.0184. The second-order valence-corrected chi connectivity index (χ2v) is 4.85. The van der Waals surface area contributed by atoms with E-state index in [2.05, 4.69) is 5.32 Å². The number of hydrogen-bond acceptors (Lipinski definition) is 4. The number of aliphatic carboxylic acids is 1. The first kappa shape index (κ1) is 17.3. The maximum atomic E-state index is 11.7. The topological polar surface area (TPSA) is 95.9 Å². The highest BCUT2D eigenvalue weighted by Gasteiger charge is 2.18. The van der Waals surface area contributed by atoms with Gasteiger partial charge in [-0.2, -0.15) is 0 Å². The molecule has 21 heavy (non-hydrogen) atoms. The van der Waals surface area contributed by atoms with Crippen LogP contribution in [0.15, 0.2) is 18.2 Å². The maximum absolute atomic E-state index is 11.7. The molecule has 3 N–H and O–H groups in total. The number of halogens is 1. The zero-order valence-corrected chi connectivity index (χ0v) is 12.4. The molecule has 1 amide bonds. The highest BCUT2D eigenvalue weighted by Crippen LogP contribution is 2.25. The van der Waals surface area contributed by atoms with E-state index in [0.29, 0.717) is 17.2 Å². The molecule has 0 aliphatic carbocycles. The Balaban J connectivity index is 2.52. The predicted molar refractivity (Wildman–Crippen MR) is 77.6 cm³/mol. The van der Waals surface area contributed by atoms with Gasteiger partial charge in [0.05, 0.1) is 12.1 Å². The molecule has 0 saturated heterocycles. The molecule has 0 saturated carbocycles. The molecule has 1 rings (SSSR count). The van der Waals surface area contributed by atoms with Crippen molar-refractivity contribution in [2.75, 3.05) is 13.7 Å². The Labute approximate surface area is 127 Å². The van der Waals surface area contributed by atoms with E-state index >= 15 is 0 Å². The lowest BCUT2D eigenvalue weighted by atomic mass is 10.1. The molecule has 6 nitrogen and oxygen atoms in total. The van der Waals surface area contributed by atoms with Crippen LogP contribution in [-0.2, 0) is 16.0 Å². The van der Waals surface area contributed by atoms with Gasteiger partial charge in [0.2, 0.25) is 5.91 Å². The number of carbonyl (C=O) groups is 2. The van der Waals surface area contributed by atoms with E-state index in [1.165, 1.54) is 7.11 Å². The molecular weight excluding hydrogens is 298 g/mol. The minimum atomic E-state index is -1.16. The molecule has 0 fully saturated rings. The second-order valence-electron chi connectivity index (χ2n) is 4.44. The van der Waals surface area contributed by atoms with Gasteiger partial charge < -0.3 is 20.3 Å². The van der Waals surface area contributed by atoms with E-state index in [1.54, 1.807) is 18.2 Å². The summed E-state index contributed by atoms with van der Waals surface area (Å²) in [6, 6.07) is 4.14. The van der Waals surface area contributed by atoms with Gasteiger partial charge in [-0.05, 0) is 24.1 Å². The first-order valence-electron chi connectivity index (χ1n) is 6.43. The summed E-state index contributed by atoms with van der Waals surface area (Å²) in [6.07, 6.45) is 0.550. The summed E-state index contributed by atoms with van der Waals surface area (Å²) < 4.78 is 5.03. The van der Waals surface area contributed by atoms with E-state index in [0.717, 1.165) is 5.56 Å². The van der Waals surface area contributed by atoms with E-state index in [1.807, 2.05) is 0 Å². The van der Waals surface area contributed by atoms with Crippen molar-refractivity contribution in [3.63, 3.8) is 0 Å². The lowest BCUT2D eigenvalue weighted by Crippen LogP contribution is -2.41. The Morgan fingerprint density at radius 2 is 2.14 bits per heavy atom. The lowest BCUT2D eigenvalue weighted by molar-refractivity contribution is -0.142. The van der Waals surface area contributed by atoms with Crippen molar-refractivity contribution in [2.24, 2.45) is 0 Å². The quantitative estimate of drug-likeness (QED) is 0.670. The summed E-state index contributed by atoms with van der Waals surface area (Å²) in [6.45, 7) is -0.300. The Hall–Kier alpha value is -1.79. The number of benzene rings is 1. The molecule has 0 aliphatic rings. The molecular formula is C14H18ClNO5. The molecule has 0 aromatic heterocycles. The Morgan fingerprint density at radius 3 is 2.67 bits per heavy atom. The Bertz CT molecular complexity index is 506. The SMILES string of the molecule is COc1ccc(CCC(=O)N[C@H](CCO)C(=O)O)cc1Cl. The van der Waals surface area contributed by atoms with Crippen LogP contribution in [0.3, 0.4) is 0 Å². The monoisotopic (exact) mass is 315 g/mol.